The number of carbonyl (C=O) groups is 1. The van der Waals surface area contributed by atoms with Crippen molar-refractivity contribution in [1.29, 1.82) is 0 Å². The fourth-order valence-electron chi connectivity index (χ4n) is 0.558. The molecular formula is C6H10I2O3. The molecule has 0 aromatic rings. The fourth-order valence-corrected chi connectivity index (χ4v) is 1.58. The molecule has 0 amide bonds. The van der Waals surface area contributed by atoms with Gasteiger partial charge in [-0.15, -0.1) is 0 Å². The molecule has 0 saturated carbocycles. The highest BCUT2D eigenvalue weighted by Gasteiger charge is 2.38. The molecule has 0 fully saturated rings. The van der Waals surface area contributed by atoms with Gasteiger partial charge in [-0.25, -0.2) is 0 Å². The summed E-state index contributed by atoms with van der Waals surface area (Å²) >= 11 is 4.03. The van der Waals surface area contributed by atoms with Gasteiger partial charge in [-0.3, -0.25) is 4.79 Å². The highest BCUT2D eigenvalue weighted by molar-refractivity contribution is 14.2. The first-order valence-electron chi connectivity index (χ1n) is 2.91. The quantitative estimate of drug-likeness (QED) is 0.421. The number of methoxy groups -OCH3 is 2. The second-order valence-electron chi connectivity index (χ2n) is 1.98. The lowest BCUT2D eigenvalue weighted by Gasteiger charge is -2.25. The Balaban J connectivity index is 4.36. The van der Waals surface area contributed by atoms with Crippen LogP contribution in [0.1, 0.15) is 6.92 Å². The van der Waals surface area contributed by atoms with Crippen LogP contribution < -0.4 is 0 Å². The van der Waals surface area contributed by atoms with Crippen molar-refractivity contribution in [1.82, 2.24) is 0 Å². The van der Waals surface area contributed by atoms with Gasteiger partial charge < -0.3 is 9.47 Å². The molecule has 0 aliphatic heterocycles. The van der Waals surface area contributed by atoms with E-state index < -0.39 is 7.72 Å². The van der Waals surface area contributed by atoms with Crippen LogP contribution >= 0.6 is 45.2 Å². The third-order valence-corrected chi connectivity index (χ3v) is 3.73. The van der Waals surface area contributed by atoms with E-state index in [1.165, 1.54) is 21.1 Å². The molecule has 0 rings (SSSR count). The third-order valence-electron chi connectivity index (χ3n) is 1.19. The SMILES string of the molecule is COC(OC)C(I)(I)C(C)=O. The second kappa shape index (κ2) is 4.93. The Morgan fingerprint density at radius 3 is 1.82 bits per heavy atom. The Labute approximate surface area is 93.5 Å². The van der Waals surface area contributed by atoms with Gasteiger partial charge >= 0.3 is 0 Å². The van der Waals surface area contributed by atoms with E-state index in [9.17, 15) is 4.79 Å². The summed E-state index contributed by atoms with van der Waals surface area (Å²) in [5.41, 5.74) is 0. The molecule has 0 spiro atoms. The van der Waals surface area contributed by atoms with Crippen molar-refractivity contribution in [2.24, 2.45) is 0 Å². The summed E-state index contributed by atoms with van der Waals surface area (Å²) in [5.74, 6) is 0.0346. The third kappa shape index (κ3) is 3.11. The van der Waals surface area contributed by atoms with Gasteiger partial charge in [0.15, 0.2) is 13.5 Å². The van der Waals surface area contributed by atoms with Gasteiger partial charge in [-0.05, 0) is 6.92 Å². The Morgan fingerprint density at radius 1 is 1.36 bits per heavy atom. The zero-order valence-corrected chi connectivity index (χ0v) is 10.9. The molecule has 0 N–H and O–H groups in total. The first kappa shape index (κ1) is 12.0. The maximum Gasteiger partial charge on any atom is 0.187 e. The molecule has 0 atom stereocenters. The van der Waals surface area contributed by atoms with Gasteiger partial charge in [0.2, 0.25) is 0 Å². The first-order chi connectivity index (χ1) is 4.96. The molecule has 5 heteroatoms. The van der Waals surface area contributed by atoms with Gasteiger partial charge in [0.1, 0.15) is 0 Å². The second-order valence-corrected chi connectivity index (χ2v) is 7.45. The normalized spacial score (nSPS) is 12.2. The maximum atomic E-state index is 11.0. The van der Waals surface area contributed by atoms with Crippen molar-refractivity contribution in [3.8, 4) is 0 Å². The Hall–Kier alpha value is 1.05. The Kier molecular flexibility index (Phi) is 5.40. The zero-order chi connectivity index (χ0) is 9.07. The molecule has 0 aromatic heterocycles. The van der Waals surface area contributed by atoms with E-state index in [4.69, 9.17) is 9.47 Å². The molecular weight excluding hydrogens is 374 g/mol. The Bertz CT molecular complexity index is 143. The van der Waals surface area contributed by atoms with Gasteiger partial charge in [0.05, 0.1) is 0 Å². The molecule has 0 aliphatic carbocycles. The van der Waals surface area contributed by atoms with Crippen LogP contribution in [0.2, 0.25) is 0 Å². The molecule has 11 heavy (non-hydrogen) atoms. The predicted octanol–water partition coefficient (Wildman–Crippen LogP) is 1.76. The van der Waals surface area contributed by atoms with E-state index in [0.29, 0.717) is 0 Å². The summed E-state index contributed by atoms with van der Waals surface area (Å²) in [6.45, 7) is 1.52. The van der Waals surface area contributed by atoms with Crippen LogP contribution in [0, 0.1) is 0 Å². The molecule has 0 saturated heterocycles. The molecule has 0 radical (unpaired) electrons. The van der Waals surface area contributed by atoms with Gasteiger partial charge in [-0.2, -0.15) is 0 Å². The van der Waals surface area contributed by atoms with E-state index in [1.807, 2.05) is 45.2 Å². The number of Topliss-reactive ketones (excluding diaryl/α,β-unsaturated/α-hetero) is 1. The van der Waals surface area contributed by atoms with Crippen LogP contribution in [0.5, 0.6) is 0 Å². The molecule has 66 valence electrons. The lowest BCUT2D eigenvalue weighted by atomic mass is 10.3. The topological polar surface area (TPSA) is 35.5 Å². The van der Waals surface area contributed by atoms with E-state index in [2.05, 4.69) is 0 Å². The predicted molar refractivity (Wildman–Crippen MR) is 59.3 cm³/mol. The summed E-state index contributed by atoms with van der Waals surface area (Å²) in [6.07, 6.45) is -0.485. The molecule has 0 bridgehead atoms. The standard InChI is InChI=1S/C6H10I2O3/c1-4(9)6(7,8)5(10-2)11-3/h5H,1-3H3. The monoisotopic (exact) mass is 384 g/mol. The minimum atomic E-state index is -0.626. The first-order valence-corrected chi connectivity index (χ1v) is 5.07. The number of ketones is 1. The summed E-state index contributed by atoms with van der Waals surface area (Å²) in [7, 11) is 3.03. The number of carbonyl (C=O) groups excluding carboxylic acids is 1. The van der Waals surface area contributed by atoms with Crippen molar-refractivity contribution < 1.29 is 14.3 Å². The average molecular weight is 384 g/mol. The van der Waals surface area contributed by atoms with E-state index in [0.717, 1.165) is 0 Å². The average Bonchev–Trinajstić information content (AvgIpc) is 1.89. The number of halogens is 2. The molecule has 0 aromatic carbocycles. The van der Waals surface area contributed by atoms with Crippen molar-refractivity contribution in [2.45, 2.75) is 14.6 Å². The number of hydrogen-bond donors (Lipinski definition) is 0. The molecule has 0 unspecified atom stereocenters. The summed E-state index contributed by atoms with van der Waals surface area (Å²) in [6, 6.07) is 0. The number of alkyl halides is 2. The maximum absolute atomic E-state index is 11.0. The minimum absolute atomic E-state index is 0.0346. The van der Waals surface area contributed by atoms with E-state index >= 15 is 0 Å². The number of hydrogen-bond acceptors (Lipinski definition) is 3. The van der Waals surface area contributed by atoms with Crippen molar-refractivity contribution in [2.75, 3.05) is 14.2 Å². The van der Waals surface area contributed by atoms with Crippen LogP contribution in [0.25, 0.3) is 0 Å². The number of ether oxygens (including phenoxy) is 2. The van der Waals surface area contributed by atoms with Gasteiger partial charge in [0, 0.05) is 14.2 Å². The lowest BCUT2D eigenvalue weighted by molar-refractivity contribution is -0.133. The van der Waals surface area contributed by atoms with Crippen LogP contribution in [-0.2, 0) is 14.3 Å². The summed E-state index contributed by atoms with van der Waals surface area (Å²) in [4.78, 5) is 11.0. The van der Waals surface area contributed by atoms with Gasteiger partial charge in [0.25, 0.3) is 0 Å². The van der Waals surface area contributed by atoms with Crippen LogP contribution in [0.15, 0.2) is 0 Å². The van der Waals surface area contributed by atoms with E-state index in [1.54, 1.807) is 0 Å². The Morgan fingerprint density at radius 2 is 1.73 bits per heavy atom. The molecule has 0 aliphatic rings. The molecule has 3 nitrogen and oxygen atoms in total. The zero-order valence-electron chi connectivity index (χ0n) is 6.56. The largest absolute Gasteiger partial charge is 0.353 e. The smallest absolute Gasteiger partial charge is 0.187 e. The van der Waals surface area contributed by atoms with Crippen LogP contribution in [0.4, 0.5) is 0 Å². The van der Waals surface area contributed by atoms with Crippen LogP contribution in [-0.4, -0.2) is 27.7 Å². The fraction of sp³-hybridized carbons (Fsp3) is 0.833. The van der Waals surface area contributed by atoms with Crippen molar-refractivity contribution in [3.63, 3.8) is 0 Å². The van der Waals surface area contributed by atoms with E-state index in [-0.39, 0.29) is 5.78 Å². The summed E-state index contributed by atoms with van der Waals surface area (Å²) in [5, 5.41) is 0. The van der Waals surface area contributed by atoms with Crippen molar-refractivity contribution in [3.05, 3.63) is 0 Å². The minimum Gasteiger partial charge on any atom is -0.353 e. The highest BCUT2D eigenvalue weighted by atomic mass is 127. The van der Waals surface area contributed by atoms with Gasteiger partial charge in [-0.1, -0.05) is 45.2 Å². The lowest BCUT2D eigenvalue weighted by Crippen LogP contribution is -2.39. The summed E-state index contributed by atoms with van der Waals surface area (Å²) < 4.78 is 9.31. The van der Waals surface area contributed by atoms with Crippen molar-refractivity contribution >= 4 is 51.0 Å². The van der Waals surface area contributed by atoms with Crippen LogP contribution in [0.3, 0.4) is 0 Å². The highest BCUT2D eigenvalue weighted by Crippen LogP contribution is 2.34. The number of rotatable bonds is 4. The molecule has 0 heterocycles.